The maximum atomic E-state index is 12.5. The van der Waals surface area contributed by atoms with Gasteiger partial charge in [-0.1, -0.05) is 12.1 Å². The lowest BCUT2D eigenvalue weighted by molar-refractivity contribution is -0.116. The highest BCUT2D eigenvalue weighted by Gasteiger charge is 2.31. The molecule has 2 aromatic carbocycles. The Morgan fingerprint density at radius 3 is 2.47 bits per heavy atom. The molecule has 0 radical (unpaired) electrons. The highest BCUT2D eigenvalue weighted by molar-refractivity contribution is 5.94. The molecule has 0 fully saturated rings. The van der Waals surface area contributed by atoms with Gasteiger partial charge in [-0.2, -0.15) is 0 Å². The van der Waals surface area contributed by atoms with Crippen molar-refractivity contribution in [1.82, 2.24) is 9.55 Å². The third-order valence-corrected chi connectivity index (χ3v) is 5.07. The van der Waals surface area contributed by atoms with Crippen molar-refractivity contribution < 1.29 is 19.0 Å². The minimum Gasteiger partial charge on any atom is -0.497 e. The first-order valence-corrected chi connectivity index (χ1v) is 9.86. The molecule has 4 rings (SSSR count). The van der Waals surface area contributed by atoms with Crippen molar-refractivity contribution in [2.45, 2.75) is 32.3 Å². The summed E-state index contributed by atoms with van der Waals surface area (Å²) in [6.07, 6.45) is 2.15. The van der Waals surface area contributed by atoms with E-state index in [0.717, 1.165) is 22.7 Å². The fraction of sp³-hybridized carbons (Fsp3) is 0.304. The zero-order valence-corrected chi connectivity index (χ0v) is 17.5. The molecule has 7 heteroatoms. The number of amides is 1. The first-order chi connectivity index (χ1) is 14.5. The lowest BCUT2D eigenvalue weighted by atomic mass is 9.90. The number of methoxy groups -OCH3 is 2. The molecule has 0 spiro atoms. The molecular formula is C23H25N3O4. The maximum Gasteiger partial charge on any atom is 0.226 e. The van der Waals surface area contributed by atoms with Crippen LogP contribution < -0.4 is 19.5 Å². The van der Waals surface area contributed by atoms with Gasteiger partial charge in [-0.15, -0.1) is 0 Å². The molecule has 0 bridgehead atoms. The second-order valence-corrected chi connectivity index (χ2v) is 7.43. The van der Waals surface area contributed by atoms with Crippen LogP contribution in [0.25, 0.3) is 5.69 Å². The second kappa shape index (κ2) is 8.10. The van der Waals surface area contributed by atoms with E-state index < -0.39 is 0 Å². The van der Waals surface area contributed by atoms with Gasteiger partial charge in [-0.05, 0) is 43.7 Å². The van der Waals surface area contributed by atoms with Crippen molar-refractivity contribution in [3.8, 4) is 22.9 Å². The summed E-state index contributed by atoms with van der Waals surface area (Å²) in [5.74, 6) is 2.60. The van der Waals surface area contributed by atoms with Gasteiger partial charge in [-0.3, -0.25) is 9.36 Å². The van der Waals surface area contributed by atoms with Crippen LogP contribution in [0.2, 0.25) is 0 Å². The fourth-order valence-corrected chi connectivity index (χ4v) is 3.70. The Kier molecular flexibility index (Phi) is 5.35. The SMILES string of the molecule is COc1ccc(OC)c(-n2cnc3c2NC(=O)C[C@H]3c2ccc(OC(C)C)cc2)c1. The van der Waals surface area contributed by atoms with E-state index >= 15 is 0 Å². The van der Waals surface area contributed by atoms with Crippen LogP contribution in [0.5, 0.6) is 17.2 Å². The average molecular weight is 407 g/mol. The third-order valence-electron chi connectivity index (χ3n) is 5.07. The van der Waals surface area contributed by atoms with Gasteiger partial charge in [0.15, 0.2) is 0 Å². The lowest BCUT2D eigenvalue weighted by Gasteiger charge is -2.24. The molecule has 1 atom stereocenters. The second-order valence-electron chi connectivity index (χ2n) is 7.43. The van der Waals surface area contributed by atoms with Crippen LogP contribution in [0.3, 0.4) is 0 Å². The molecule has 1 aromatic heterocycles. The molecule has 1 aliphatic heterocycles. The number of rotatable bonds is 6. The highest BCUT2D eigenvalue weighted by Crippen LogP contribution is 2.39. The van der Waals surface area contributed by atoms with E-state index in [1.54, 1.807) is 20.5 Å². The van der Waals surface area contributed by atoms with Gasteiger partial charge in [0.25, 0.3) is 0 Å². The van der Waals surface area contributed by atoms with Crippen molar-refractivity contribution in [2.24, 2.45) is 0 Å². The summed E-state index contributed by atoms with van der Waals surface area (Å²) in [6.45, 7) is 3.98. The van der Waals surface area contributed by atoms with E-state index in [4.69, 9.17) is 14.2 Å². The van der Waals surface area contributed by atoms with E-state index in [1.165, 1.54) is 0 Å². The van der Waals surface area contributed by atoms with Crippen LogP contribution in [0.4, 0.5) is 5.82 Å². The number of hydrogen-bond donors (Lipinski definition) is 1. The Morgan fingerprint density at radius 2 is 1.80 bits per heavy atom. The molecule has 156 valence electrons. The summed E-state index contributed by atoms with van der Waals surface area (Å²) in [5.41, 5.74) is 2.58. The molecule has 0 saturated carbocycles. The van der Waals surface area contributed by atoms with Gasteiger partial charge >= 0.3 is 0 Å². The van der Waals surface area contributed by atoms with Gasteiger partial charge in [0, 0.05) is 18.4 Å². The molecule has 2 heterocycles. The zero-order chi connectivity index (χ0) is 21.3. The summed E-state index contributed by atoms with van der Waals surface area (Å²) in [4.78, 5) is 17.2. The highest BCUT2D eigenvalue weighted by atomic mass is 16.5. The number of carbonyl (C=O) groups is 1. The van der Waals surface area contributed by atoms with Crippen molar-refractivity contribution in [3.63, 3.8) is 0 Å². The third kappa shape index (κ3) is 3.70. The molecule has 3 aromatic rings. The van der Waals surface area contributed by atoms with Crippen LogP contribution >= 0.6 is 0 Å². The Labute approximate surface area is 175 Å². The lowest BCUT2D eigenvalue weighted by Crippen LogP contribution is -2.25. The normalized spacial score (nSPS) is 15.5. The summed E-state index contributed by atoms with van der Waals surface area (Å²) in [6, 6.07) is 13.4. The number of ether oxygens (including phenoxy) is 3. The number of aromatic nitrogens is 2. The Morgan fingerprint density at radius 1 is 1.07 bits per heavy atom. The minimum absolute atomic E-state index is 0.0568. The molecule has 1 N–H and O–H groups in total. The van der Waals surface area contributed by atoms with E-state index in [1.807, 2.05) is 60.9 Å². The molecule has 1 aliphatic rings. The topological polar surface area (TPSA) is 74.6 Å². The zero-order valence-electron chi connectivity index (χ0n) is 17.5. The number of benzene rings is 2. The number of fused-ring (bicyclic) bond motifs is 1. The van der Waals surface area contributed by atoms with E-state index in [-0.39, 0.29) is 17.9 Å². The van der Waals surface area contributed by atoms with Crippen molar-refractivity contribution in [1.29, 1.82) is 0 Å². The van der Waals surface area contributed by atoms with Crippen LogP contribution in [0.1, 0.15) is 37.4 Å². The Hall–Kier alpha value is -3.48. The van der Waals surface area contributed by atoms with Crippen LogP contribution in [-0.2, 0) is 4.79 Å². The summed E-state index contributed by atoms with van der Waals surface area (Å²) in [5, 5.41) is 2.97. The van der Waals surface area contributed by atoms with Gasteiger partial charge in [0.1, 0.15) is 29.4 Å². The molecule has 0 unspecified atom stereocenters. The molecule has 1 amide bonds. The van der Waals surface area contributed by atoms with Gasteiger partial charge in [0.2, 0.25) is 5.91 Å². The minimum atomic E-state index is -0.139. The summed E-state index contributed by atoms with van der Waals surface area (Å²) >= 11 is 0. The molecular weight excluding hydrogens is 382 g/mol. The first-order valence-electron chi connectivity index (χ1n) is 9.86. The van der Waals surface area contributed by atoms with Gasteiger partial charge in [0.05, 0.1) is 31.7 Å². The smallest absolute Gasteiger partial charge is 0.226 e. The molecule has 7 nitrogen and oxygen atoms in total. The largest absolute Gasteiger partial charge is 0.497 e. The molecule has 30 heavy (non-hydrogen) atoms. The van der Waals surface area contributed by atoms with E-state index in [0.29, 0.717) is 23.7 Å². The summed E-state index contributed by atoms with van der Waals surface area (Å²) in [7, 11) is 3.22. The van der Waals surface area contributed by atoms with E-state index in [2.05, 4.69) is 10.3 Å². The number of carbonyl (C=O) groups excluding carboxylic acids is 1. The van der Waals surface area contributed by atoms with Crippen LogP contribution in [-0.4, -0.2) is 35.8 Å². The van der Waals surface area contributed by atoms with Crippen molar-refractivity contribution >= 4 is 11.7 Å². The Bertz CT molecular complexity index is 1060. The number of hydrogen-bond acceptors (Lipinski definition) is 5. The van der Waals surface area contributed by atoms with Gasteiger partial charge in [-0.25, -0.2) is 4.98 Å². The standard InChI is InChI=1S/C23H25N3O4/c1-14(2)30-16-7-5-15(6-8-16)18-12-21(27)25-23-22(18)24-13-26(23)19-11-17(28-3)9-10-20(19)29-4/h5-11,13-14,18H,12H2,1-4H3,(H,25,27)/t18-/m0/s1. The number of imidazole rings is 1. The number of anilines is 1. The first kappa shape index (κ1) is 19.8. The number of nitrogens with one attached hydrogen (secondary N) is 1. The van der Waals surface area contributed by atoms with Crippen molar-refractivity contribution in [2.75, 3.05) is 19.5 Å². The molecule has 0 aliphatic carbocycles. The van der Waals surface area contributed by atoms with Gasteiger partial charge < -0.3 is 19.5 Å². The predicted octanol–water partition coefficient (Wildman–Crippen LogP) is 4.15. The number of nitrogens with zero attached hydrogens (tertiary/aromatic N) is 2. The maximum absolute atomic E-state index is 12.5. The average Bonchev–Trinajstić information content (AvgIpc) is 3.16. The Balaban J connectivity index is 1.74. The molecule has 0 saturated heterocycles. The predicted molar refractivity (Wildman–Crippen MR) is 114 cm³/mol. The monoisotopic (exact) mass is 407 g/mol. The fourth-order valence-electron chi connectivity index (χ4n) is 3.70. The van der Waals surface area contributed by atoms with Crippen molar-refractivity contribution in [3.05, 3.63) is 60.0 Å². The quantitative estimate of drug-likeness (QED) is 0.664. The summed E-state index contributed by atoms with van der Waals surface area (Å²) < 4.78 is 18.4. The van der Waals surface area contributed by atoms with Crippen LogP contribution in [0, 0.1) is 0 Å². The van der Waals surface area contributed by atoms with Crippen LogP contribution in [0.15, 0.2) is 48.8 Å². The van der Waals surface area contributed by atoms with E-state index in [9.17, 15) is 4.79 Å².